The molecule has 0 spiro atoms. The molecule has 0 radical (unpaired) electrons. The van der Waals surface area contributed by atoms with Gasteiger partial charge >= 0.3 is 0 Å². The van der Waals surface area contributed by atoms with E-state index in [0.717, 1.165) is 0 Å². The van der Waals surface area contributed by atoms with Crippen LogP contribution in [0.4, 0.5) is 8.78 Å². The predicted octanol–water partition coefficient (Wildman–Crippen LogP) is 5.60. The van der Waals surface area contributed by atoms with Crippen LogP contribution in [-0.2, 0) is 0 Å². The van der Waals surface area contributed by atoms with Crippen molar-refractivity contribution >= 4 is 23.2 Å². The molecule has 0 nitrogen and oxygen atoms in total. The number of alkyl halides is 2. The number of halogens is 4. The fourth-order valence-corrected chi connectivity index (χ4v) is 1.91. The highest BCUT2D eigenvalue weighted by atomic mass is 35.5. The lowest BCUT2D eigenvalue weighted by Gasteiger charge is -2.09. The lowest BCUT2D eigenvalue weighted by Crippen LogP contribution is -1.90. The highest BCUT2D eigenvalue weighted by molar-refractivity contribution is 6.31. The van der Waals surface area contributed by atoms with E-state index in [1.165, 1.54) is 6.07 Å². The molecule has 0 fully saturated rings. The molecule has 0 unspecified atom stereocenters. The molecule has 0 atom stereocenters. The minimum atomic E-state index is -2.56. The van der Waals surface area contributed by atoms with Gasteiger partial charge in [-0.1, -0.05) is 41.4 Å². The van der Waals surface area contributed by atoms with E-state index in [-0.39, 0.29) is 5.56 Å². The molecule has 0 saturated heterocycles. The summed E-state index contributed by atoms with van der Waals surface area (Å²) in [6, 6.07) is 11.2. The van der Waals surface area contributed by atoms with Crippen molar-refractivity contribution in [2.45, 2.75) is 6.43 Å². The molecule has 4 heteroatoms. The van der Waals surface area contributed by atoms with E-state index in [9.17, 15) is 8.78 Å². The Balaban J connectivity index is 2.54. The van der Waals surface area contributed by atoms with Crippen molar-refractivity contribution in [1.29, 1.82) is 0 Å². The second-order valence-corrected chi connectivity index (χ2v) is 4.41. The van der Waals surface area contributed by atoms with Gasteiger partial charge in [0.25, 0.3) is 6.43 Å². The number of rotatable bonds is 2. The lowest BCUT2D eigenvalue weighted by atomic mass is 10.00. The van der Waals surface area contributed by atoms with Crippen LogP contribution in [-0.4, -0.2) is 0 Å². The Labute approximate surface area is 108 Å². The summed E-state index contributed by atoms with van der Waals surface area (Å²) in [6.07, 6.45) is -2.56. The van der Waals surface area contributed by atoms with Crippen molar-refractivity contribution in [2.75, 3.05) is 0 Å². The summed E-state index contributed by atoms with van der Waals surface area (Å²) < 4.78 is 25.8. The Morgan fingerprint density at radius 3 is 2.00 bits per heavy atom. The number of hydrogen-bond acceptors (Lipinski definition) is 0. The van der Waals surface area contributed by atoms with Crippen LogP contribution in [0, 0.1) is 0 Å². The monoisotopic (exact) mass is 272 g/mol. The largest absolute Gasteiger partial charge is 0.264 e. The predicted molar refractivity (Wildman–Crippen MR) is 66.9 cm³/mol. The molecule has 0 amide bonds. The van der Waals surface area contributed by atoms with Crippen LogP contribution in [0.3, 0.4) is 0 Å². The average molecular weight is 273 g/mol. The first kappa shape index (κ1) is 12.3. The van der Waals surface area contributed by atoms with Gasteiger partial charge in [-0.3, -0.25) is 0 Å². The van der Waals surface area contributed by atoms with Gasteiger partial charge in [-0.15, -0.1) is 0 Å². The maximum absolute atomic E-state index is 12.9. The standard InChI is InChI=1S/C13H8Cl2F2/c14-9-3-1-8(2-4-9)11-6-5-10(15)7-12(11)13(16)17/h1-7,13H. The van der Waals surface area contributed by atoms with E-state index in [1.54, 1.807) is 36.4 Å². The first-order chi connectivity index (χ1) is 8.08. The SMILES string of the molecule is FC(F)c1cc(Cl)ccc1-c1ccc(Cl)cc1. The van der Waals surface area contributed by atoms with Crippen LogP contribution in [0.25, 0.3) is 11.1 Å². The summed E-state index contributed by atoms with van der Waals surface area (Å²) in [4.78, 5) is 0. The van der Waals surface area contributed by atoms with Crippen molar-refractivity contribution in [1.82, 2.24) is 0 Å². The second-order valence-electron chi connectivity index (χ2n) is 3.54. The van der Waals surface area contributed by atoms with Crippen molar-refractivity contribution < 1.29 is 8.78 Å². The molecule has 88 valence electrons. The van der Waals surface area contributed by atoms with Gasteiger partial charge in [-0.25, -0.2) is 8.78 Å². The number of benzene rings is 2. The number of hydrogen-bond donors (Lipinski definition) is 0. The van der Waals surface area contributed by atoms with Gasteiger partial charge in [-0.05, 0) is 35.4 Å². The molecule has 2 rings (SSSR count). The van der Waals surface area contributed by atoms with Crippen LogP contribution in [0.1, 0.15) is 12.0 Å². The molecule has 2 aromatic carbocycles. The van der Waals surface area contributed by atoms with Crippen molar-refractivity contribution in [2.24, 2.45) is 0 Å². The quantitative estimate of drug-likeness (QED) is 0.668. The van der Waals surface area contributed by atoms with E-state index >= 15 is 0 Å². The summed E-state index contributed by atoms with van der Waals surface area (Å²) in [6.45, 7) is 0. The fourth-order valence-electron chi connectivity index (χ4n) is 1.61. The van der Waals surface area contributed by atoms with E-state index in [0.29, 0.717) is 21.2 Å². The van der Waals surface area contributed by atoms with E-state index < -0.39 is 6.43 Å². The Kier molecular flexibility index (Phi) is 3.65. The van der Waals surface area contributed by atoms with Crippen LogP contribution < -0.4 is 0 Å². The van der Waals surface area contributed by atoms with Gasteiger partial charge in [0.1, 0.15) is 0 Å². The van der Waals surface area contributed by atoms with Gasteiger partial charge < -0.3 is 0 Å². The second kappa shape index (κ2) is 5.03. The Bertz CT molecular complexity index is 521. The highest BCUT2D eigenvalue weighted by Gasteiger charge is 2.14. The minimum absolute atomic E-state index is 0.0696. The lowest BCUT2D eigenvalue weighted by molar-refractivity contribution is 0.152. The smallest absolute Gasteiger partial charge is 0.205 e. The molecule has 0 bridgehead atoms. The van der Waals surface area contributed by atoms with Crippen molar-refractivity contribution in [3.8, 4) is 11.1 Å². The zero-order chi connectivity index (χ0) is 12.4. The summed E-state index contributed by atoms with van der Waals surface area (Å²) in [7, 11) is 0. The maximum Gasteiger partial charge on any atom is 0.264 e. The third-order valence-electron chi connectivity index (χ3n) is 2.40. The zero-order valence-electron chi connectivity index (χ0n) is 8.63. The molecule has 0 aliphatic heterocycles. The average Bonchev–Trinajstić information content (AvgIpc) is 2.30. The third kappa shape index (κ3) is 2.76. The summed E-state index contributed by atoms with van der Waals surface area (Å²) in [5.74, 6) is 0. The molecule has 0 N–H and O–H groups in total. The molecular formula is C13H8Cl2F2. The topological polar surface area (TPSA) is 0 Å². The molecular weight excluding hydrogens is 265 g/mol. The zero-order valence-corrected chi connectivity index (χ0v) is 10.1. The molecule has 17 heavy (non-hydrogen) atoms. The van der Waals surface area contributed by atoms with Crippen molar-refractivity contribution in [3.63, 3.8) is 0 Å². The summed E-state index contributed by atoms with van der Waals surface area (Å²) >= 11 is 11.5. The molecule has 0 aliphatic carbocycles. The van der Waals surface area contributed by atoms with Crippen LogP contribution in [0.2, 0.25) is 10.0 Å². The molecule has 0 aliphatic rings. The highest BCUT2D eigenvalue weighted by Crippen LogP contribution is 2.33. The molecule has 0 aromatic heterocycles. The fraction of sp³-hybridized carbons (Fsp3) is 0.0769. The Hall–Kier alpha value is -1.12. The Morgan fingerprint density at radius 2 is 1.41 bits per heavy atom. The normalized spacial score (nSPS) is 10.9. The third-order valence-corrected chi connectivity index (χ3v) is 2.89. The van der Waals surface area contributed by atoms with Crippen LogP contribution in [0.15, 0.2) is 42.5 Å². The summed E-state index contributed by atoms with van der Waals surface area (Å²) in [5.41, 5.74) is 1.10. The first-order valence-corrected chi connectivity index (χ1v) is 5.67. The van der Waals surface area contributed by atoms with Crippen LogP contribution >= 0.6 is 23.2 Å². The van der Waals surface area contributed by atoms with Crippen molar-refractivity contribution in [3.05, 3.63) is 58.1 Å². The van der Waals surface area contributed by atoms with Crippen LogP contribution in [0.5, 0.6) is 0 Å². The molecule has 2 aromatic rings. The van der Waals surface area contributed by atoms with Gasteiger partial charge in [0.2, 0.25) is 0 Å². The Morgan fingerprint density at radius 1 is 0.824 bits per heavy atom. The van der Waals surface area contributed by atoms with Gasteiger partial charge in [-0.2, -0.15) is 0 Å². The molecule has 0 heterocycles. The van der Waals surface area contributed by atoms with Gasteiger partial charge in [0.15, 0.2) is 0 Å². The van der Waals surface area contributed by atoms with E-state index in [4.69, 9.17) is 23.2 Å². The van der Waals surface area contributed by atoms with E-state index in [1.807, 2.05) is 0 Å². The van der Waals surface area contributed by atoms with E-state index in [2.05, 4.69) is 0 Å². The first-order valence-electron chi connectivity index (χ1n) is 4.91. The van der Waals surface area contributed by atoms with Gasteiger partial charge in [0.05, 0.1) is 0 Å². The minimum Gasteiger partial charge on any atom is -0.205 e. The maximum atomic E-state index is 12.9. The molecule has 0 saturated carbocycles. The summed E-state index contributed by atoms with van der Waals surface area (Å²) in [5, 5.41) is 0.874. The van der Waals surface area contributed by atoms with Gasteiger partial charge in [0, 0.05) is 15.6 Å².